The maximum atomic E-state index is 6.40. The van der Waals surface area contributed by atoms with Gasteiger partial charge in [-0.2, -0.15) is 0 Å². The van der Waals surface area contributed by atoms with Gasteiger partial charge in [0.05, 0.1) is 11.2 Å². The molecule has 82 valence electrons. The molecule has 0 bridgehead atoms. The molecule has 0 amide bonds. The Kier molecular flexibility index (Phi) is 2.54. The van der Waals surface area contributed by atoms with E-state index in [9.17, 15) is 0 Å². The van der Waals surface area contributed by atoms with Crippen LogP contribution < -0.4 is 5.73 Å². The number of hydrogen-bond acceptors (Lipinski definition) is 4. The number of halogens is 1. The van der Waals surface area contributed by atoms with E-state index in [-0.39, 0.29) is 6.04 Å². The lowest BCUT2D eigenvalue weighted by molar-refractivity contribution is 0.146. The lowest BCUT2D eigenvalue weighted by atomic mass is 9.74. The summed E-state index contributed by atoms with van der Waals surface area (Å²) in [4.78, 5) is 5.78. The van der Waals surface area contributed by atoms with E-state index in [4.69, 9.17) is 5.73 Å². The van der Waals surface area contributed by atoms with Crippen molar-refractivity contribution in [3.05, 3.63) is 16.1 Å². The summed E-state index contributed by atoms with van der Waals surface area (Å²) < 4.78 is 2.37. The van der Waals surface area contributed by atoms with Crippen molar-refractivity contribution in [2.75, 3.05) is 13.1 Å². The number of rotatable bonds is 0. The molecule has 2 heterocycles. The molecule has 3 rings (SSSR count). The quantitative estimate of drug-likeness (QED) is 0.583. The Bertz CT molecular complexity index is 370. The molecule has 2 N–H and O–H groups in total. The smallest absolute Gasteiger partial charge is 0.0798 e. The average molecular weight is 335 g/mol. The van der Waals surface area contributed by atoms with Crippen molar-refractivity contribution >= 4 is 34.2 Å². The van der Waals surface area contributed by atoms with Gasteiger partial charge in [0.25, 0.3) is 0 Å². The lowest BCUT2D eigenvalue weighted by Gasteiger charge is -2.39. The SMILES string of the molecule is N[C@@H]1c2scnc2CC12CCN(I)CC2. The fourth-order valence-corrected chi connectivity index (χ4v) is 4.23. The Morgan fingerprint density at radius 2 is 2.27 bits per heavy atom. The predicted molar refractivity (Wildman–Crippen MR) is 70.0 cm³/mol. The van der Waals surface area contributed by atoms with Gasteiger partial charge in [-0.25, -0.2) is 8.10 Å². The molecule has 0 unspecified atom stereocenters. The minimum atomic E-state index is 0.241. The molecule has 1 aliphatic heterocycles. The molecule has 0 aromatic carbocycles. The number of nitrogens with zero attached hydrogens (tertiary/aromatic N) is 2. The van der Waals surface area contributed by atoms with E-state index in [1.54, 1.807) is 11.3 Å². The maximum absolute atomic E-state index is 6.40. The first-order valence-electron chi connectivity index (χ1n) is 5.30. The molecule has 15 heavy (non-hydrogen) atoms. The van der Waals surface area contributed by atoms with Crippen LogP contribution in [0.4, 0.5) is 0 Å². The van der Waals surface area contributed by atoms with E-state index < -0.39 is 0 Å². The molecule has 1 aliphatic carbocycles. The number of thiazole rings is 1. The second-order valence-corrected chi connectivity index (χ2v) is 6.84. The van der Waals surface area contributed by atoms with Crippen LogP contribution in [0.15, 0.2) is 5.51 Å². The van der Waals surface area contributed by atoms with E-state index in [0.717, 1.165) is 6.42 Å². The van der Waals surface area contributed by atoms with E-state index in [1.807, 2.05) is 5.51 Å². The van der Waals surface area contributed by atoms with Crippen LogP contribution in [-0.2, 0) is 6.42 Å². The van der Waals surface area contributed by atoms with E-state index in [2.05, 4.69) is 31.0 Å². The third-order valence-electron chi connectivity index (χ3n) is 3.84. The number of fused-ring (bicyclic) bond motifs is 1. The van der Waals surface area contributed by atoms with Crippen LogP contribution in [0.3, 0.4) is 0 Å². The topological polar surface area (TPSA) is 42.1 Å². The highest BCUT2D eigenvalue weighted by Crippen LogP contribution is 2.51. The van der Waals surface area contributed by atoms with Gasteiger partial charge in [-0.05, 0) is 24.7 Å². The van der Waals surface area contributed by atoms with Gasteiger partial charge in [0.1, 0.15) is 0 Å². The van der Waals surface area contributed by atoms with Crippen LogP contribution >= 0.6 is 34.2 Å². The van der Waals surface area contributed by atoms with Gasteiger partial charge >= 0.3 is 0 Å². The summed E-state index contributed by atoms with van der Waals surface area (Å²) in [7, 11) is 0. The second kappa shape index (κ2) is 3.65. The van der Waals surface area contributed by atoms with Crippen molar-refractivity contribution in [2.24, 2.45) is 11.1 Å². The average Bonchev–Trinajstić information content (AvgIpc) is 2.76. The van der Waals surface area contributed by atoms with Crippen molar-refractivity contribution in [2.45, 2.75) is 25.3 Å². The standard InChI is InChI=1S/C10H14IN3S/c11-14-3-1-10(2-4-14)5-7-8(9(10)12)15-6-13-7/h6,9H,1-5,12H2/t9-/m1/s1. The summed E-state index contributed by atoms with van der Waals surface area (Å²) in [6, 6.07) is 0.241. The van der Waals surface area contributed by atoms with Crippen LogP contribution in [0, 0.1) is 5.41 Å². The minimum absolute atomic E-state index is 0.241. The predicted octanol–water partition coefficient (Wildman–Crippen LogP) is 2.13. The van der Waals surface area contributed by atoms with Crippen molar-refractivity contribution in [3.63, 3.8) is 0 Å². The van der Waals surface area contributed by atoms with Crippen LogP contribution in [0.1, 0.15) is 29.5 Å². The maximum Gasteiger partial charge on any atom is 0.0798 e. The van der Waals surface area contributed by atoms with Gasteiger partial charge in [-0.15, -0.1) is 11.3 Å². The third-order valence-corrected chi connectivity index (χ3v) is 5.76. The van der Waals surface area contributed by atoms with E-state index in [0.29, 0.717) is 5.41 Å². The van der Waals surface area contributed by atoms with Crippen LogP contribution in [0.5, 0.6) is 0 Å². The molecule has 1 spiro atoms. The van der Waals surface area contributed by atoms with Gasteiger partial charge in [0.15, 0.2) is 0 Å². The third kappa shape index (κ3) is 1.55. The first-order chi connectivity index (χ1) is 7.21. The fourth-order valence-electron chi connectivity index (χ4n) is 2.80. The summed E-state index contributed by atoms with van der Waals surface area (Å²) in [5.41, 5.74) is 9.93. The fraction of sp³-hybridized carbons (Fsp3) is 0.700. The first-order valence-corrected chi connectivity index (χ1v) is 7.14. The van der Waals surface area contributed by atoms with E-state index >= 15 is 0 Å². The minimum Gasteiger partial charge on any atom is -0.323 e. The molecule has 0 saturated carbocycles. The Morgan fingerprint density at radius 1 is 1.53 bits per heavy atom. The van der Waals surface area contributed by atoms with Crippen LogP contribution in [0.25, 0.3) is 0 Å². The van der Waals surface area contributed by atoms with Crippen molar-refractivity contribution < 1.29 is 0 Å². The lowest BCUT2D eigenvalue weighted by Crippen LogP contribution is -2.41. The Labute approximate surface area is 108 Å². The number of hydrogen-bond donors (Lipinski definition) is 1. The summed E-state index contributed by atoms with van der Waals surface area (Å²) in [5.74, 6) is 0. The first kappa shape index (κ1) is 10.4. The Morgan fingerprint density at radius 3 is 2.93 bits per heavy atom. The monoisotopic (exact) mass is 335 g/mol. The van der Waals surface area contributed by atoms with Gasteiger partial charge in [-0.1, -0.05) is 0 Å². The number of piperidine rings is 1. The normalized spacial score (nSPS) is 29.6. The Hall–Kier alpha value is 0.280. The van der Waals surface area contributed by atoms with Crippen molar-refractivity contribution in [1.29, 1.82) is 0 Å². The summed E-state index contributed by atoms with van der Waals surface area (Å²) in [5, 5.41) is 0. The van der Waals surface area contributed by atoms with Gasteiger partial charge in [0.2, 0.25) is 0 Å². The zero-order valence-electron chi connectivity index (χ0n) is 8.45. The van der Waals surface area contributed by atoms with Crippen molar-refractivity contribution in [3.8, 4) is 0 Å². The molecule has 2 aliphatic rings. The van der Waals surface area contributed by atoms with Gasteiger partial charge in [0, 0.05) is 46.9 Å². The largest absolute Gasteiger partial charge is 0.323 e. The van der Waals surface area contributed by atoms with E-state index in [1.165, 1.54) is 36.5 Å². The molecule has 1 saturated heterocycles. The highest BCUT2D eigenvalue weighted by molar-refractivity contribution is 14.1. The molecule has 0 radical (unpaired) electrons. The van der Waals surface area contributed by atoms with Crippen LogP contribution in [0.2, 0.25) is 0 Å². The summed E-state index contributed by atoms with van der Waals surface area (Å²) in [6.07, 6.45) is 3.55. The van der Waals surface area contributed by atoms with Gasteiger partial charge < -0.3 is 5.73 Å². The molecule has 1 aromatic rings. The molecule has 1 fully saturated rings. The number of nitrogens with two attached hydrogens (primary N) is 1. The second-order valence-electron chi connectivity index (χ2n) is 4.59. The highest BCUT2D eigenvalue weighted by atomic mass is 127. The zero-order chi connectivity index (χ0) is 10.5. The van der Waals surface area contributed by atoms with Gasteiger partial charge in [-0.3, -0.25) is 0 Å². The summed E-state index contributed by atoms with van der Waals surface area (Å²) >= 11 is 4.15. The molecule has 1 atom stereocenters. The molecular formula is C10H14IN3S. The Balaban J connectivity index is 1.88. The molecule has 3 nitrogen and oxygen atoms in total. The molecule has 1 aromatic heterocycles. The number of aromatic nitrogens is 1. The van der Waals surface area contributed by atoms with Crippen LogP contribution in [-0.4, -0.2) is 21.2 Å². The zero-order valence-corrected chi connectivity index (χ0v) is 11.4. The summed E-state index contributed by atoms with van der Waals surface area (Å²) in [6.45, 7) is 2.34. The molecule has 5 heteroatoms. The molecular weight excluding hydrogens is 321 g/mol. The highest BCUT2D eigenvalue weighted by Gasteiger charge is 2.47. The van der Waals surface area contributed by atoms with Crippen molar-refractivity contribution in [1.82, 2.24) is 8.10 Å².